The number of carbonyl (C=O) groups excluding carboxylic acids is 4. The maximum atomic E-state index is 14.5. The Bertz CT molecular complexity index is 1310. The maximum Gasteiger partial charge on any atom is 0.313 e. The summed E-state index contributed by atoms with van der Waals surface area (Å²) in [4.78, 5) is 59.3. The third-order valence-electron chi connectivity index (χ3n) is 9.80. The molecule has 0 radical (unpaired) electrons. The summed E-state index contributed by atoms with van der Waals surface area (Å²) in [6.45, 7) is 10.8. The summed E-state index contributed by atoms with van der Waals surface area (Å²) in [6.07, 6.45) is 6.33. The lowest BCUT2D eigenvalue weighted by Gasteiger charge is -2.37. The first-order valence-corrected chi connectivity index (χ1v) is 18.4. The van der Waals surface area contributed by atoms with Crippen LogP contribution in [0.25, 0.3) is 0 Å². The molecule has 3 heterocycles. The van der Waals surface area contributed by atoms with E-state index in [0.717, 1.165) is 12.8 Å². The second kappa shape index (κ2) is 18.3. The van der Waals surface area contributed by atoms with Gasteiger partial charge >= 0.3 is 5.97 Å². The number of aliphatic hydroxyl groups is 1. The lowest BCUT2D eigenvalue weighted by atomic mass is 9.70. The Morgan fingerprint density at radius 3 is 2.59 bits per heavy atom. The Labute approximate surface area is 298 Å². The number of ether oxygens (including phenoxy) is 3. The molecule has 8 atom stereocenters. The Kier molecular flexibility index (Phi) is 14.4. The first kappa shape index (κ1) is 38.7. The highest BCUT2D eigenvalue weighted by atomic mass is 79.9. The number of hydrogen-bond donors (Lipinski definition) is 2. The number of esters is 1. The molecule has 3 saturated heterocycles. The average Bonchev–Trinajstić information content (AvgIpc) is 3.69. The summed E-state index contributed by atoms with van der Waals surface area (Å²) in [6, 6.07) is 7.48. The molecule has 1 aromatic carbocycles. The summed E-state index contributed by atoms with van der Waals surface area (Å²) < 4.78 is 18.5. The molecule has 49 heavy (non-hydrogen) atoms. The Morgan fingerprint density at radius 2 is 1.94 bits per heavy atom. The van der Waals surface area contributed by atoms with Gasteiger partial charge in [0.15, 0.2) is 0 Å². The van der Waals surface area contributed by atoms with Crippen molar-refractivity contribution in [3.63, 3.8) is 0 Å². The molecule has 3 aliphatic rings. The van der Waals surface area contributed by atoms with E-state index in [0.29, 0.717) is 57.3 Å². The van der Waals surface area contributed by atoms with Gasteiger partial charge in [-0.15, -0.1) is 13.2 Å². The van der Waals surface area contributed by atoms with Crippen LogP contribution in [-0.4, -0.2) is 107 Å². The first-order chi connectivity index (χ1) is 23.7. The molecular formula is C37H52BrN3O8. The molecule has 0 aromatic heterocycles. The van der Waals surface area contributed by atoms with Gasteiger partial charge in [0.2, 0.25) is 17.7 Å². The number of methoxy groups -OCH3 is 1. The molecule has 1 unspecified atom stereocenters. The van der Waals surface area contributed by atoms with Crippen molar-refractivity contribution in [3.8, 4) is 0 Å². The van der Waals surface area contributed by atoms with Gasteiger partial charge in [-0.2, -0.15) is 0 Å². The van der Waals surface area contributed by atoms with Gasteiger partial charge in [0.25, 0.3) is 0 Å². The molecule has 11 nitrogen and oxygen atoms in total. The molecule has 1 spiro atoms. The number of benzene rings is 1. The molecule has 2 bridgehead atoms. The fourth-order valence-electron chi connectivity index (χ4n) is 7.58. The number of nitrogens with zero attached hydrogens (tertiary/aromatic N) is 2. The van der Waals surface area contributed by atoms with Gasteiger partial charge < -0.3 is 34.4 Å². The highest BCUT2D eigenvalue weighted by molar-refractivity contribution is 9.09. The van der Waals surface area contributed by atoms with E-state index in [1.54, 1.807) is 22.0 Å². The van der Waals surface area contributed by atoms with Crippen LogP contribution >= 0.6 is 15.9 Å². The minimum absolute atomic E-state index is 0.0400. The highest BCUT2D eigenvalue weighted by Gasteiger charge is 2.77. The van der Waals surface area contributed by atoms with Crippen molar-refractivity contribution in [2.45, 2.75) is 93.0 Å². The second-order valence-corrected chi connectivity index (χ2v) is 14.3. The molecule has 1 aromatic rings. The molecule has 12 heteroatoms. The van der Waals surface area contributed by atoms with E-state index in [1.807, 2.05) is 30.3 Å². The zero-order chi connectivity index (χ0) is 35.6. The standard InChI is InChI=1S/C37H52BrN3O8/c1-5-8-18-28(43)39-27(24-47-4)31(25-16-12-10-13-17-25)48-36(46)29-30-34(44)41(21-14-11-15-22-42)33(37(30)23-26(38)32(29)49-37)35(45)40(19-7-3)20-9-6-2/h5,7,10,12-13,16-17,26-27,29-33,42H,1,3,6,8-9,11,14-15,18-24H2,2,4H3,(H,39,43)/t26?,27-,29+,30-,31-,32+,33+,37-/m0/s1. The van der Waals surface area contributed by atoms with Crippen molar-refractivity contribution in [1.29, 1.82) is 0 Å². The van der Waals surface area contributed by atoms with E-state index in [1.165, 1.54) is 7.11 Å². The number of allylic oxidation sites excluding steroid dienone is 1. The van der Waals surface area contributed by atoms with Crippen molar-refractivity contribution in [2.75, 3.05) is 40.0 Å². The van der Waals surface area contributed by atoms with Crippen molar-refractivity contribution in [1.82, 2.24) is 15.1 Å². The van der Waals surface area contributed by atoms with Gasteiger partial charge in [-0.05, 0) is 44.1 Å². The summed E-state index contributed by atoms with van der Waals surface area (Å²) in [7, 11) is 1.51. The van der Waals surface area contributed by atoms with Crippen molar-refractivity contribution in [2.24, 2.45) is 11.8 Å². The monoisotopic (exact) mass is 745 g/mol. The summed E-state index contributed by atoms with van der Waals surface area (Å²) in [5.41, 5.74) is -0.574. The van der Waals surface area contributed by atoms with Crippen LogP contribution in [0.5, 0.6) is 0 Å². The smallest absolute Gasteiger partial charge is 0.313 e. The molecule has 4 rings (SSSR count). The average molecular weight is 747 g/mol. The van der Waals surface area contributed by atoms with E-state index in [4.69, 9.17) is 14.2 Å². The molecule has 2 N–H and O–H groups in total. The number of carbonyl (C=O) groups is 4. The normalized spacial score (nSPS) is 26.6. The molecule has 0 saturated carbocycles. The van der Waals surface area contributed by atoms with Crippen LogP contribution in [-0.2, 0) is 33.4 Å². The van der Waals surface area contributed by atoms with Gasteiger partial charge in [-0.1, -0.05) is 71.8 Å². The van der Waals surface area contributed by atoms with Crippen LogP contribution in [0.1, 0.15) is 70.0 Å². The topological polar surface area (TPSA) is 135 Å². The summed E-state index contributed by atoms with van der Waals surface area (Å²) >= 11 is 3.74. The number of hydrogen-bond acceptors (Lipinski definition) is 8. The molecule has 270 valence electrons. The highest BCUT2D eigenvalue weighted by Crippen LogP contribution is 2.60. The van der Waals surface area contributed by atoms with Crippen LogP contribution in [0.3, 0.4) is 0 Å². The van der Waals surface area contributed by atoms with E-state index in [9.17, 15) is 24.3 Å². The Morgan fingerprint density at radius 1 is 1.18 bits per heavy atom. The van der Waals surface area contributed by atoms with Crippen molar-refractivity contribution in [3.05, 3.63) is 61.2 Å². The van der Waals surface area contributed by atoms with Gasteiger partial charge in [-0.25, -0.2) is 0 Å². The zero-order valence-electron chi connectivity index (χ0n) is 28.8. The lowest BCUT2D eigenvalue weighted by molar-refractivity contribution is -0.163. The predicted molar refractivity (Wildman–Crippen MR) is 189 cm³/mol. The second-order valence-electron chi connectivity index (χ2n) is 13.1. The van der Waals surface area contributed by atoms with Gasteiger partial charge in [0.1, 0.15) is 17.7 Å². The number of likely N-dealkylation sites (tertiary alicyclic amines) is 1. The van der Waals surface area contributed by atoms with E-state index >= 15 is 0 Å². The van der Waals surface area contributed by atoms with Crippen LogP contribution < -0.4 is 5.32 Å². The summed E-state index contributed by atoms with van der Waals surface area (Å²) in [5, 5.41) is 12.3. The first-order valence-electron chi connectivity index (χ1n) is 17.5. The van der Waals surface area contributed by atoms with E-state index < -0.39 is 47.7 Å². The number of fused-ring (bicyclic) bond motifs is 1. The van der Waals surface area contributed by atoms with Crippen LogP contribution in [0.2, 0.25) is 0 Å². The van der Waals surface area contributed by atoms with Crippen LogP contribution in [0.4, 0.5) is 0 Å². The fraction of sp³-hybridized carbons (Fsp3) is 0.622. The fourth-order valence-corrected chi connectivity index (χ4v) is 8.53. The maximum absolute atomic E-state index is 14.5. The number of unbranched alkanes of at least 4 members (excludes halogenated alkanes) is 3. The molecule has 3 amide bonds. The number of nitrogens with one attached hydrogen (secondary N) is 1. The zero-order valence-corrected chi connectivity index (χ0v) is 30.4. The van der Waals surface area contributed by atoms with E-state index in [-0.39, 0.29) is 42.2 Å². The third-order valence-corrected chi connectivity index (χ3v) is 10.6. The van der Waals surface area contributed by atoms with Gasteiger partial charge in [0.05, 0.1) is 30.6 Å². The van der Waals surface area contributed by atoms with E-state index in [2.05, 4.69) is 41.3 Å². The Hall–Kier alpha value is -3.06. The quantitative estimate of drug-likeness (QED) is 0.0832. The number of aliphatic hydroxyl groups excluding tert-OH is 1. The molecule has 3 fully saturated rings. The van der Waals surface area contributed by atoms with Gasteiger partial charge in [-0.3, -0.25) is 19.2 Å². The SMILES string of the molecule is C=CCCC(=O)N[C@@H](COC)[C@@H](OC(=O)[C@H]1[C@@H]2O[C@@]3(CC2Br)[C@@H]1C(=O)N(CCCCCO)[C@@H]3C(=O)N(CC=C)CCCC)c1ccccc1. The number of amides is 3. The molecule has 3 aliphatic heterocycles. The predicted octanol–water partition coefficient (Wildman–Crippen LogP) is 4.09. The van der Waals surface area contributed by atoms with Crippen molar-refractivity contribution >= 4 is 39.6 Å². The number of halogens is 1. The summed E-state index contributed by atoms with van der Waals surface area (Å²) in [5.74, 6) is -3.31. The van der Waals surface area contributed by atoms with Gasteiger partial charge in [0, 0.05) is 44.6 Å². The largest absolute Gasteiger partial charge is 0.455 e. The third kappa shape index (κ3) is 8.46. The molecular weight excluding hydrogens is 694 g/mol. The van der Waals surface area contributed by atoms with Crippen molar-refractivity contribution < 1.29 is 38.5 Å². The van der Waals surface area contributed by atoms with Crippen LogP contribution in [0.15, 0.2) is 55.6 Å². The minimum atomic E-state index is -1.23. The number of rotatable bonds is 21. The minimum Gasteiger partial charge on any atom is -0.455 e. The molecule has 0 aliphatic carbocycles. The Balaban J connectivity index is 1.70. The van der Waals surface area contributed by atoms with Crippen LogP contribution in [0, 0.1) is 11.8 Å². The lowest BCUT2D eigenvalue weighted by Crippen LogP contribution is -2.57. The number of alkyl halides is 1.